The predicted octanol–water partition coefficient (Wildman–Crippen LogP) is 3.93. The highest BCUT2D eigenvalue weighted by atomic mass is 35.5. The SMILES string of the molecule is NC(=O)N(c1ccc(Cl)cc1)c1ncnc2c1nc(-n1cccn1)n2Cc1ccccc1. The number of anilines is 2. The van der Waals surface area contributed by atoms with Crippen LogP contribution in [0.15, 0.2) is 79.4 Å². The third-order valence-corrected chi connectivity index (χ3v) is 5.15. The van der Waals surface area contributed by atoms with Gasteiger partial charge in [-0.3, -0.25) is 4.57 Å². The van der Waals surface area contributed by atoms with Crippen LogP contribution in [0, 0.1) is 0 Å². The summed E-state index contributed by atoms with van der Waals surface area (Å²) in [5.41, 5.74) is 8.27. The molecule has 158 valence electrons. The first-order valence-corrected chi connectivity index (χ1v) is 10.1. The zero-order valence-corrected chi connectivity index (χ0v) is 17.5. The number of urea groups is 1. The van der Waals surface area contributed by atoms with Gasteiger partial charge in [-0.2, -0.15) is 5.10 Å². The van der Waals surface area contributed by atoms with Crippen molar-refractivity contribution in [1.29, 1.82) is 0 Å². The molecular weight excluding hydrogens is 428 g/mol. The summed E-state index contributed by atoms with van der Waals surface area (Å²) in [6.45, 7) is 0.500. The van der Waals surface area contributed by atoms with Gasteiger partial charge >= 0.3 is 6.03 Å². The second-order valence-corrected chi connectivity index (χ2v) is 7.39. The van der Waals surface area contributed by atoms with Crippen molar-refractivity contribution < 1.29 is 4.79 Å². The van der Waals surface area contributed by atoms with Crippen molar-refractivity contribution in [2.24, 2.45) is 5.73 Å². The van der Waals surface area contributed by atoms with Crippen LogP contribution in [0.2, 0.25) is 5.02 Å². The lowest BCUT2D eigenvalue weighted by Crippen LogP contribution is -2.32. The minimum absolute atomic E-state index is 0.269. The van der Waals surface area contributed by atoms with E-state index in [2.05, 4.69) is 15.1 Å². The van der Waals surface area contributed by atoms with Gasteiger partial charge in [-0.15, -0.1) is 0 Å². The molecule has 3 heterocycles. The van der Waals surface area contributed by atoms with Gasteiger partial charge in [0, 0.05) is 17.4 Å². The van der Waals surface area contributed by atoms with E-state index < -0.39 is 6.03 Å². The molecule has 0 aliphatic rings. The Morgan fingerprint density at radius 2 is 1.81 bits per heavy atom. The number of imidazole rings is 1. The molecule has 0 bridgehead atoms. The largest absolute Gasteiger partial charge is 0.351 e. The Labute approximate surface area is 187 Å². The normalized spacial score (nSPS) is 11.0. The van der Waals surface area contributed by atoms with Crippen molar-refractivity contribution >= 4 is 40.3 Å². The number of aromatic nitrogens is 6. The number of fused-ring (bicyclic) bond motifs is 1. The van der Waals surface area contributed by atoms with Crippen molar-refractivity contribution in [1.82, 2.24) is 29.3 Å². The number of rotatable bonds is 5. The van der Waals surface area contributed by atoms with E-state index in [1.54, 1.807) is 41.3 Å². The number of halogens is 1. The number of benzene rings is 2. The topological polar surface area (TPSA) is 108 Å². The van der Waals surface area contributed by atoms with Crippen LogP contribution >= 0.6 is 11.6 Å². The average Bonchev–Trinajstić information content (AvgIpc) is 3.45. The van der Waals surface area contributed by atoms with E-state index in [-0.39, 0.29) is 5.82 Å². The van der Waals surface area contributed by atoms with Crippen LogP contribution in [0.1, 0.15) is 5.56 Å². The van der Waals surface area contributed by atoms with E-state index in [1.165, 1.54) is 11.2 Å². The standard InChI is InChI=1S/C22H17ClN8O/c23-16-7-9-17(10-8-16)31(21(24)32)20-18-19(25-14-26-20)29(13-15-5-2-1-3-6-15)22(28-18)30-12-4-11-27-30/h1-12,14H,13H2,(H2,24,32). The summed E-state index contributed by atoms with van der Waals surface area (Å²) < 4.78 is 3.56. The zero-order chi connectivity index (χ0) is 22.1. The highest BCUT2D eigenvalue weighted by molar-refractivity contribution is 6.30. The van der Waals surface area contributed by atoms with Crippen LogP contribution in [0.25, 0.3) is 17.1 Å². The number of carbonyl (C=O) groups is 1. The number of carbonyl (C=O) groups excluding carboxylic acids is 1. The van der Waals surface area contributed by atoms with Crippen molar-refractivity contribution in [3.8, 4) is 5.95 Å². The number of nitrogens with two attached hydrogens (primary N) is 1. The molecule has 0 atom stereocenters. The Hall–Kier alpha value is -4.24. The minimum atomic E-state index is -0.703. The molecule has 0 aliphatic carbocycles. The van der Waals surface area contributed by atoms with E-state index in [4.69, 9.17) is 22.3 Å². The number of primary amides is 1. The van der Waals surface area contributed by atoms with Gasteiger partial charge < -0.3 is 5.73 Å². The third-order valence-electron chi connectivity index (χ3n) is 4.90. The highest BCUT2D eigenvalue weighted by Crippen LogP contribution is 2.31. The first kappa shape index (κ1) is 19.7. The summed E-state index contributed by atoms with van der Waals surface area (Å²) in [5, 5.41) is 4.87. The van der Waals surface area contributed by atoms with Crippen LogP contribution in [0.3, 0.4) is 0 Å². The van der Waals surface area contributed by atoms with Gasteiger partial charge in [-0.05, 0) is 35.9 Å². The molecule has 2 N–H and O–H groups in total. The van der Waals surface area contributed by atoms with Gasteiger partial charge in [-0.25, -0.2) is 29.3 Å². The van der Waals surface area contributed by atoms with Crippen LogP contribution in [-0.4, -0.2) is 35.3 Å². The molecule has 0 spiro atoms. The molecule has 0 saturated carbocycles. The van der Waals surface area contributed by atoms with Gasteiger partial charge in [0.15, 0.2) is 17.0 Å². The lowest BCUT2D eigenvalue weighted by atomic mass is 10.2. The molecule has 0 radical (unpaired) electrons. The molecule has 2 aromatic carbocycles. The van der Waals surface area contributed by atoms with Gasteiger partial charge in [-0.1, -0.05) is 41.9 Å². The van der Waals surface area contributed by atoms with E-state index in [0.717, 1.165) is 5.56 Å². The first-order valence-electron chi connectivity index (χ1n) is 9.72. The smallest absolute Gasteiger partial charge is 0.325 e. The lowest BCUT2D eigenvalue weighted by Gasteiger charge is -2.19. The van der Waals surface area contributed by atoms with E-state index >= 15 is 0 Å². The summed E-state index contributed by atoms with van der Waals surface area (Å²) >= 11 is 6.01. The van der Waals surface area contributed by atoms with E-state index in [0.29, 0.717) is 34.4 Å². The Morgan fingerprint density at radius 1 is 1.03 bits per heavy atom. The maximum atomic E-state index is 12.4. The van der Waals surface area contributed by atoms with E-state index in [9.17, 15) is 4.79 Å². The molecule has 0 saturated heterocycles. The Kier molecular flexibility index (Phi) is 5.00. The second kappa shape index (κ2) is 8.12. The van der Waals surface area contributed by atoms with Crippen LogP contribution in [0.5, 0.6) is 0 Å². The second-order valence-electron chi connectivity index (χ2n) is 6.95. The molecule has 5 rings (SSSR count). The first-order chi connectivity index (χ1) is 15.6. The maximum absolute atomic E-state index is 12.4. The third kappa shape index (κ3) is 3.54. The van der Waals surface area contributed by atoms with Gasteiger partial charge in [0.05, 0.1) is 12.2 Å². The summed E-state index contributed by atoms with van der Waals surface area (Å²) in [7, 11) is 0. The highest BCUT2D eigenvalue weighted by Gasteiger charge is 2.24. The molecule has 2 amide bonds. The van der Waals surface area contributed by atoms with Crippen molar-refractivity contribution in [3.63, 3.8) is 0 Å². The Balaban J connectivity index is 1.72. The van der Waals surface area contributed by atoms with Gasteiger partial charge in [0.2, 0.25) is 5.95 Å². The molecular formula is C22H17ClN8O. The molecule has 32 heavy (non-hydrogen) atoms. The molecule has 0 fully saturated rings. The van der Waals surface area contributed by atoms with Crippen molar-refractivity contribution in [2.45, 2.75) is 6.54 Å². The van der Waals surface area contributed by atoms with E-state index in [1.807, 2.05) is 41.0 Å². The average molecular weight is 445 g/mol. The van der Waals surface area contributed by atoms with Crippen molar-refractivity contribution in [2.75, 3.05) is 4.90 Å². The van der Waals surface area contributed by atoms with Crippen LogP contribution < -0.4 is 10.6 Å². The van der Waals surface area contributed by atoms with Gasteiger partial charge in [0.1, 0.15) is 6.33 Å². The molecule has 5 aromatic rings. The van der Waals surface area contributed by atoms with Gasteiger partial charge in [0.25, 0.3) is 0 Å². The monoisotopic (exact) mass is 444 g/mol. The summed E-state index contributed by atoms with van der Waals surface area (Å²) in [6.07, 6.45) is 4.85. The molecule has 0 unspecified atom stereocenters. The molecule has 9 nitrogen and oxygen atoms in total. The molecule has 0 aliphatic heterocycles. The Morgan fingerprint density at radius 3 is 2.50 bits per heavy atom. The summed E-state index contributed by atoms with van der Waals surface area (Å²) in [6, 6.07) is 17.8. The fourth-order valence-electron chi connectivity index (χ4n) is 3.49. The quantitative estimate of drug-likeness (QED) is 0.442. The molecule has 3 aromatic heterocycles. The molecule has 10 heteroatoms. The summed E-state index contributed by atoms with van der Waals surface area (Å²) in [5.74, 6) is 0.807. The fourth-order valence-corrected chi connectivity index (χ4v) is 3.62. The van der Waals surface area contributed by atoms with Crippen molar-refractivity contribution in [3.05, 3.63) is 90.0 Å². The minimum Gasteiger partial charge on any atom is -0.351 e. The number of hydrogen-bond donors (Lipinski definition) is 1. The van der Waals surface area contributed by atoms with Crippen LogP contribution in [-0.2, 0) is 6.54 Å². The Bertz CT molecular complexity index is 1380. The predicted molar refractivity (Wildman–Crippen MR) is 121 cm³/mol. The fraction of sp³-hybridized carbons (Fsp3) is 0.0455. The lowest BCUT2D eigenvalue weighted by molar-refractivity contribution is 0.256. The maximum Gasteiger partial charge on any atom is 0.325 e. The van der Waals surface area contributed by atoms with Crippen LogP contribution in [0.4, 0.5) is 16.3 Å². The zero-order valence-electron chi connectivity index (χ0n) is 16.7. The number of amides is 2. The summed E-state index contributed by atoms with van der Waals surface area (Å²) in [4.78, 5) is 27.3. The number of hydrogen-bond acceptors (Lipinski definition) is 5. The number of nitrogens with zero attached hydrogens (tertiary/aromatic N) is 7.